The summed E-state index contributed by atoms with van der Waals surface area (Å²) < 4.78 is 0. The lowest BCUT2D eigenvalue weighted by Gasteiger charge is -2.17. The standard InChI is InChI=1S/C25H18ClN3O2/c1-15-24(23(31)29(28-15)18-10-6-3-7-11-18)21(16-8-4-2-5-9-16)25(24)19-13-12-17(26)14-20(19)27-22(25)30/h2-14,21H,1H3,(H,27,30)/t21?,24-,25-/m0/s1. The summed E-state index contributed by atoms with van der Waals surface area (Å²) in [5.74, 6) is -0.715. The van der Waals surface area contributed by atoms with Crippen molar-refractivity contribution in [3.05, 3.63) is 95.0 Å². The predicted molar refractivity (Wildman–Crippen MR) is 120 cm³/mol. The number of fused-ring (bicyclic) bond motifs is 3. The fourth-order valence-electron chi connectivity index (χ4n) is 5.73. The van der Waals surface area contributed by atoms with Gasteiger partial charge in [0.1, 0.15) is 10.8 Å². The van der Waals surface area contributed by atoms with Crippen molar-refractivity contribution in [2.45, 2.75) is 18.3 Å². The Balaban J connectivity index is 1.60. The van der Waals surface area contributed by atoms with Gasteiger partial charge in [-0.1, -0.05) is 66.2 Å². The number of carbonyl (C=O) groups is 2. The van der Waals surface area contributed by atoms with Crippen LogP contribution in [0.15, 0.2) is 84.0 Å². The molecule has 0 bridgehead atoms. The predicted octanol–water partition coefficient (Wildman–Crippen LogP) is 4.74. The third-order valence-electron chi connectivity index (χ3n) is 6.90. The molecule has 31 heavy (non-hydrogen) atoms. The van der Waals surface area contributed by atoms with Crippen LogP contribution >= 0.6 is 11.6 Å². The summed E-state index contributed by atoms with van der Waals surface area (Å²) in [4.78, 5) is 27.7. The van der Waals surface area contributed by atoms with Gasteiger partial charge in [0.15, 0.2) is 0 Å². The molecule has 0 saturated heterocycles. The molecule has 1 saturated carbocycles. The van der Waals surface area contributed by atoms with Crippen LogP contribution in [0.4, 0.5) is 11.4 Å². The number of carbonyl (C=O) groups excluding carboxylic acids is 2. The highest BCUT2D eigenvalue weighted by Crippen LogP contribution is 2.79. The molecular formula is C25H18ClN3O2. The summed E-state index contributed by atoms with van der Waals surface area (Å²) in [7, 11) is 0. The Labute approximate surface area is 184 Å². The molecule has 5 nitrogen and oxygen atoms in total. The molecule has 0 radical (unpaired) electrons. The maximum atomic E-state index is 14.1. The van der Waals surface area contributed by atoms with Gasteiger partial charge >= 0.3 is 0 Å². The van der Waals surface area contributed by atoms with E-state index in [1.54, 1.807) is 12.1 Å². The number of benzene rings is 3. The second-order valence-corrected chi connectivity index (χ2v) is 8.68. The molecule has 2 spiro atoms. The van der Waals surface area contributed by atoms with Crippen LogP contribution in [0, 0.1) is 5.41 Å². The van der Waals surface area contributed by atoms with E-state index in [1.165, 1.54) is 5.01 Å². The summed E-state index contributed by atoms with van der Waals surface area (Å²) in [6.45, 7) is 1.85. The molecule has 2 amide bonds. The molecule has 3 aromatic rings. The minimum atomic E-state index is -1.08. The Kier molecular flexibility index (Phi) is 3.58. The molecule has 3 aromatic carbocycles. The van der Waals surface area contributed by atoms with Crippen LogP contribution in [0.1, 0.15) is 24.0 Å². The number of hydrazone groups is 1. The molecular weight excluding hydrogens is 410 g/mol. The van der Waals surface area contributed by atoms with Gasteiger partial charge in [-0.2, -0.15) is 10.1 Å². The summed E-state index contributed by atoms with van der Waals surface area (Å²) in [6, 6.07) is 24.5. The molecule has 0 aromatic heterocycles. The molecule has 3 aliphatic rings. The number of nitrogens with one attached hydrogen (secondary N) is 1. The normalized spacial score (nSPS) is 28.1. The van der Waals surface area contributed by atoms with Crippen molar-refractivity contribution in [2.75, 3.05) is 10.3 Å². The average Bonchev–Trinajstić information content (AvgIpc) is 3.23. The number of hydrogen-bond donors (Lipinski definition) is 1. The molecule has 2 aliphatic heterocycles. The SMILES string of the molecule is CC1=NN(c2ccccc2)C(=O)[C@@]12C(c1ccccc1)[C@@]21C(=O)Nc2cc(Cl)ccc21. The molecule has 1 unspecified atom stereocenters. The van der Waals surface area contributed by atoms with Gasteiger partial charge in [0.2, 0.25) is 5.91 Å². The molecule has 1 N–H and O–H groups in total. The van der Waals surface area contributed by atoms with Crippen LogP contribution in [0.25, 0.3) is 0 Å². The third-order valence-corrected chi connectivity index (χ3v) is 7.14. The first-order chi connectivity index (χ1) is 15.0. The smallest absolute Gasteiger partial charge is 0.261 e. The van der Waals surface area contributed by atoms with Gasteiger partial charge in [-0.15, -0.1) is 0 Å². The molecule has 152 valence electrons. The van der Waals surface area contributed by atoms with E-state index < -0.39 is 10.8 Å². The van der Waals surface area contributed by atoms with Crippen molar-refractivity contribution in [1.29, 1.82) is 0 Å². The summed E-state index contributed by atoms with van der Waals surface area (Å²) in [5.41, 5.74) is 1.61. The van der Waals surface area contributed by atoms with E-state index >= 15 is 0 Å². The van der Waals surface area contributed by atoms with E-state index in [9.17, 15) is 9.59 Å². The van der Waals surface area contributed by atoms with Crippen molar-refractivity contribution in [3.8, 4) is 0 Å². The first-order valence-corrected chi connectivity index (χ1v) is 10.5. The minimum absolute atomic E-state index is 0.178. The fourth-order valence-corrected chi connectivity index (χ4v) is 5.90. The Morgan fingerprint density at radius 2 is 1.61 bits per heavy atom. The Hall–Kier alpha value is -3.44. The second-order valence-electron chi connectivity index (χ2n) is 8.24. The number of amides is 2. The lowest BCUT2D eigenvalue weighted by Crippen LogP contribution is -2.37. The minimum Gasteiger partial charge on any atom is -0.325 e. The van der Waals surface area contributed by atoms with Gasteiger partial charge < -0.3 is 5.32 Å². The van der Waals surface area contributed by atoms with Crippen LogP contribution < -0.4 is 10.3 Å². The zero-order valence-corrected chi connectivity index (χ0v) is 17.4. The lowest BCUT2D eigenvalue weighted by molar-refractivity contribution is -0.125. The number of halogens is 1. The molecule has 1 fully saturated rings. The van der Waals surface area contributed by atoms with Gasteiger partial charge in [-0.25, -0.2) is 0 Å². The van der Waals surface area contributed by atoms with Crippen LogP contribution in [-0.2, 0) is 15.0 Å². The van der Waals surface area contributed by atoms with Crippen molar-refractivity contribution >= 4 is 40.5 Å². The van der Waals surface area contributed by atoms with Crippen LogP contribution in [0.3, 0.4) is 0 Å². The molecule has 2 heterocycles. The van der Waals surface area contributed by atoms with Crippen LogP contribution in [-0.4, -0.2) is 17.5 Å². The average molecular weight is 428 g/mol. The molecule has 3 atom stereocenters. The van der Waals surface area contributed by atoms with Crippen molar-refractivity contribution in [2.24, 2.45) is 10.5 Å². The highest BCUT2D eigenvalue weighted by Gasteiger charge is 2.89. The van der Waals surface area contributed by atoms with Crippen molar-refractivity contribution in [1.82, 2.24) is 0 Å². The van der Waals surface area contributed by atoms with E-state index in [-0.39, 0.29) is 17.7 Å². The number of anilines is 2. The van der Waals surface area contributed by atoms with Gasteiger partial charge in [0, 0.05) is 16.6 Å². The van der Waals surface area contributed by atoms with Gasteiger partial charge in [0.25, 0.3) is 5.91 Å². The third kappa shape index (κ3) is 2.04. The number of hydrogen-bond acceptors (Lipinski definition) is 3. The summed E-state index contributed by atoms with van der Waals surface area (Å²) >= 11 is 6.20. The highest BCUT2D eigenvalue weighted by atomic mass is 35.5. The Bertz CT molecular complexity index is 1290. The van der Waals surface area contributed by atoms with Gasteiger partial charge in [-0.3, -0.25) is 9.59 Å². The van der Waals surface area contributed by atoms with E-state index in [2.05, 4.69) is 10.4 Å². The fraction of sp³-hybridized carbons (Fsp3) is 0.160. The number of rotatable bonds is 2. The maximum Gasteiger partial charge on any atom is 0.261 e. The zero-order valence-electron chi connectivity index (χ0n) is 16.7. The van der Waals surface area contributed by atoms with E-state index in [4.69, 9.17) is 11.6 Å². The molecule has 1 aliphatic carbocycles. The van der Waals surface area contributed by atoms with Crippen molar-refractivity contribution < 1.29 is 9.59 Å². The quantitative estimate of drug-likeness (QED) is 0.642. The first kappa shape index (κ1) is 18.3. The van der Waals surface area contributed by atoms with E-state index in [1.807, 2.05) is 73.7 Å². The van der Waals surface area contributed by atoms with Gasteiger partial charge in [-0.05, 0) is 42.3 Å². The number of para-hydroxylation sites is 1. The van der Waals surface area contributed by atoms with Crippen LogP contribution in [0.5, 0.6) is 0 Å². The molecule has 6 rings (SSSR count). The summed E-state index contributed by atoms with van der Waals surface area (Å²) in [5, 5.41) is 9.64. The first-order valence-electron chi connectivity index (χ1n) is 10.1. The molecule has 6 heteroatoms. The van der Waals surface area contributed by atoms with E-state index in [0.29, 0.717) is 22.1 Å². The Morgan fingerprint density at radius 1 is 0.935 bits per heavy atom. The van der Waals surface area contributed by atoms with Crippen molar-refractivity contribution in [3.63, 3.8) is 0 Å². The topological polar surface area (TPSA) is 61.8 Å². The Morgan fingerprint density at radius 3 is 2.32 bits per heavy atom. The second kappa shape index (κ2) is 6.05. The zero-order chi connectivity index (χ0) is 21.4. The van der Waals surface area contributed by atoms with Crippen LogP contribution in [0.2, 0.25) is 5.02 Å². The van der Waals surface area contributed by atoms with E-state index in [0.717, 1.165) is 11.1 Å². The largest absolute Gasteiger partial charge is 0.325 e. The monoisotopic (exact) mass is 427 g/mol. The summed E-state index contributed by atoms with van der Waals surface area (Å²) in [6.07, 6.45) is 0. The lowest BCUT2D eigenvalue weighted by atomic mass is 9.84. The van der Waals surface area contributed by atoms with Gasteiger partial charge in [0.05, 0.1) is 11.4 Å². The maximum absolute atomic E-state index is 14.1. The number of nitrogens with zero attached hydrogens (tertiary/aromatic N) is 2. The highest BCUT2D eigenvalue weighted by molar-refractivity contribution is 6.33.